The number of hydrogen-bond donors (Lipinski definition) is 0. The number of carbonyl (C=O) groups is 1. The Labute approximate surface area is 202 Å². The average Bonchev–Trinajstić information content (AvgIpc) is 2.87. The third-order valence-corrected chi connectivity index (χ3v) is 8.78. The molecule has 0 radical (unpaired) electrons. The quantitative estimate of drug-likeness (QED) is 0.499. The number of nitrogens with zero attached hydrogens (tertiary/aromatic N) is 3. The van der Waals surface area contributed by atoms with E-state index < -0.39 is 10.0 Å². The minimum atomic E-state index is -3.68. The molecular weight excluding hydrogens is 474 g/mol. The molecule has 5 rings (SSSR count). The van der Waals surface area contributed by atoms with Crippen LogP contribution < -0.4 is 9.47 Å². The van der Waals surface area contributed by atoms with Crippen LogP contribution in [0.1, 0.15) is 5.56 Å². The van der Waals surface area contributed by atoms with Gasteiger partial charge in [-0.15, -0.1) is 0 Å². The number of fused-ring (bicyclic) bond motifs is 2. The molecule has 0 N–H and O–H groups in total. The van der Waals surface area contributed by atoms with Gasteiger partial charge in [0.15, 0.2) is 11.5 Å². The molecule has 0 spiro atoms. The zero-order valence-corrected chi connectivity index (χ0v) is 20.4. The average molecular weight is 500 g/mol. The van der Waals surface area contributed by atoms with Crippen LogP contribution in [0.25, 0.3) is 10.9 Å². The van der Waals surface area contributed by atoms with Crippen LogP contribution in [0.4, 0.5) is 0 Å². The normalized spacial score (nSPS) is 16.6. The first-order valence-electron chi connectivity index (χ1n) is 11.1. The minimum Gasteiger partial charge on any atom is -0.486 e. The molecule has 1 aromatic heterocycles. The Balaban J connectivity index is 1.19. The maximum absolute atomic E-state index is 13.1. The van der Waals surface area contributed by atoms with E-state index in [0.717, 1.165) is 21.5 Å². The van der Waals surface area contributed by atoms with Gasteiger partial charge in [-0.25, -0.2) is 13.4 Å². The Morgan fingerprint density at radius 3 is 2.53 bits per heavy atom. The van der Waals surface area contributed by atoms with E-state index in [2.05, 4.69) is 4.98 Å². The molecule has 1 saturated heterocycles. The molecule has 3 aromatic rings. The number of para-hydroxylation sites is 1. The van der Waals surface area contributed by atoms with E-state index in [0.29, 0.717) is 37.8 Å². The van der Waals surface area contributed by atoms with Gasteiger partial charge in [-0.3, -0.25) is 4.79 Å². The Morgan fingerprint density at radius 2 is 1.74 bits per heavy atom. The number of amides is 1. The summed E-state index contributed by atoms with van der Waals surface area (Å²) in [4.78, 5) is 19.3. The lowest BCUT2D eigenvalue weighted by Gasteiger charge is -2.34. The standard InChI is InChI=1S/C24H25N3O5S2/c1-17-14-23(25-20-5-3-2-4-19(17)20)33-16-24(28)26-8-10-27(11-9-26)34(29,30)18-6-7-21-22(15-18)32-13-12-31-21/h2-7,14-15H,8-13,16H2,1H3. The van der Waals surface area contributed by atoms with Crippen LogP contribution in [0, 0.1) is 6.92 Å². The zero-order valence-electron chi connectivity index (χ0n) is 18.8. The molecular formula is C24H25N3O5S2. The van der Waals surface area contributed by atoms with Crippen molar-refractivity contribution in [2.45, 2.75) is 16.8 Å². The van der Waals surface area contributed by atoms with Crippen LogP contribution in [-0.2, 0) is 14.8 Å². The summed E-state index contributed by atoms with van der Waals surface area (Å²) in [6.45, 7) is 4.09. The summed E-state index contributed by atoms with van der Waals surface area (Å²) < 4.78 is 38.6. The minimum absolute atomic E-state index is 0.0195. The number of carbonyl (C=O) groups excluding carboxylic acids is 1. The van der Waals surface area contributed by atoms with Gasteiger partial charge in [-0.05, 0) is 36.8 Å². The summed E-state index contributed by atoms with van der Waals surface area (Å²) in [5, 5.41) is 1.91. The number of thioether (sulfide) groups is 1. The number of pyridine rings is 1. The third kappa shape index (κ3) is 4.57. The van der Waals surface area contributed by atoms with Gasteiger partial charge in [0.2, 0.25) is 15.9 Å². The summed E-state index contributed by atoms with van der Waals surface area (Å²) in [5.74, 6) is 1.23. The van der Waals surface area contributed by atoms with Crippen molar-refractivity contribution in [3.05, 3.63) is 54.1 Å². The molecule has 1 amide bonds. The van der Waals surface area contributed by atoms with Gasteiger partial charge in [0, 0.05) is 37.6 Å². The Hall–Kier alpha value is -2.82. The molecule has 0 aliphatic carbocycles. The van der Waals surface area contributed by atoms with Gasteiger partial charge in [0.05, 0.1) is 21.2 Å². The predicted molar refractivity (Wildman–Crippen MR) is 130 cm³/mol. The summed E-state index contributed by atoms with van der Waals surface area (Å²) in [6.07, 6.45) is 0. The van der Waals surface area contributed by atoms with Crippen molar-refractivity contribution in [2.24, 2.45) is 0 Å². The van der Waals surface area contributed by atoms with E-state index in [9.17, 15) is 13.2 Å². The van der Waals surface area contributed by atoms with Crippen LogP contribution in [0.5, 0.6) is 11.5 Å². The highest BCUT2D eigenvalue weighted by Gasteiger charge is 2.31. The lowest BCUT2D eigenvalue weighted by atomic mass is 10.1. The summed E-state index contributed by atoms with van der Waals surface area (Å²) >= 11 is 1.41. The second-order valence-corrected chi connectivity index (χ2v) is 11.1. The summed E-state index contributed by atoms with van der Waals surface area (Å²) in [7, 11) is -3.68. The lowest BCUT2D eigenvalue weighted by molar-refractivity contribution is -0.129. The topological polar surface area (TPSA) is 89.0 Å². The van der Waals surface area contributed by atoms with Crippen LogP contribution in [-0.4, -0.2) is 73.7 Å². The Kier molecular flexibility index (Phi) is 6.37. The highest BCUT2D eigenvalue weighted by atomic mass is 32.2. The second-order valence-electron chi connectivity index (χ2n) is 8.17. The largest absolute Gasteiger partial charge is 0.486 e. The summed E-state index contributed by atoms with van der Waals surface area (Å²) in [5.41, 5.74) is 2.04. The monoisotopic (exact) mass is 499 g/mol. The van der Waals surface area contributed by atoms with Crippen LogP contribution in [0.15, 0.2) is 58.5 Å². The van der Waals surface area contributed by atoms with E-state index >= 15 is 0 Å². The van der Waals surface area contributed by atoms with Crippen molar-refractivity contribution in [1.29, 1.82) is 0 Å². The second kappa shape index (κ2) is 9.44. The fourth-order valence-electron chi connectivity index (χ4n) is 4.13. The maximum Gasteiger partial charge on any atom is 0.243 e. The Morgan fingerprint density at radius 1 is 1.00 bits per heavy atom. The predicted octanol–water partition coefficient (Wildman–Crippen LogP) is 2.94. The van der Waals surface area contributed by atoms with Crippen molar-refractivity contribution in [3.63, 3.8) is 0 Å². The van der Waals surface area contributed by atoms with E-state index in [1.165, 1.54) is 28.2 Å². The van der Waals surface area contributed by atoms with Crippen LogP contribution in [0.3, 0.4) is 0 Å². The van der Waals surface area contributed by atoms with Crippen molar-refractivity contribution < 1.29 is 22.7 Å². The first-order valence-corrected chi connectivity index (χ1v) is 13.5. The molecule has 2 aliphatic heterocycles. The van der Waals surface area contributed by atoms with Gasteiger partial charge in [0.25, 0.3) is 0 Å². The number of aryl methyl sites for hydroxylation is 1. The van der Waals surface area contributed by atoms with Crippen molar-refractivity contribution >= 4 is 38.6 Å². The number of aromatic nitrogens is 1. The molecule has 2 aromatic carbocycles. The van der Waals surface area contributed by atoms with Gasteiger partial charge >= 0.3 is 0 Å². The molecule has 0 unspecified atom stereocenters. The number of rotatable bonds is 5. The molecule has 8 nitrogen and oxygen atoms in total. The zero-order chi connectivity index (χ0) is 23.7. The van der Waals surface area contributed by atoms with Gasteiger partial charge in [-0.2, -0.15) is 4.31 Å². The molecule has 1 fully saturated rings. The third-order valence-electron chi connectivity index (χ3n) is 5.99. The molecule has 0 saturated carbocycles. The first-order chi connectivity index (χ1) is 16.4. The number of hydrogen-bond acceptors (Lipinski definition) is 7. The Bertz CT molecular complexity index is 1340. The molecule has 178 valence electrons. The fraction of sp³-hybridized carbons (Fsp3) is 0.333. The number of benzene rings is 2. The maximum atomic E-state index is 13.1. The molecule has 10 heteroatoms. The first kappa shape index (κ1) is 22.9. The highest BCUT2D eigenvalue weighted by Crippen LogP contribution is 2.33. The summed E-state index contributed by atoms with van der Waals surface area (Å²) in [6, 6.07) is 14.6. The SMILES string of the molecule is Cc1cc(SCC(=O)N2CCN(S(=O)(=O)c3ccc4c(c3)OCCO4)CC2)nc2ccccc12. The van der Waals surface area contributed by atoms with Gasteiger partial charge < -0.3 is 14.4 Å². The van der Waals surface area contributed by atoms with Crippen LogP contribution in [0.2, 0.25) is 0 Å². The van der Waals surface area contributed by atoms with E-state index in [1.54, 1.807) is 11.0 Å². The van der Waals surface area contributed by atoms with Gasteiger partial charge in [-0.1, -0.05) is 30.0 Å². The number of sulfonamides is 1. The van der Waals surface area contributed by atoms with E-state index in [4.69, 9.17) is 9.47 Å². The molecule has 34 heavy (non-hydrogen) atoms. The van der Waals surface area contributed by atoms with Gasteiger partial charge in [0.1, 0.15) is 13.2 Å². The van der Waals surface area contributed by atoms with E-state index in [1.807, 2.05) is 37.3 Å². The molecule has 0 atom stereocenters. The lowest BCUT2D eigenvalue weighted by Crippen LogP contribution is -2.50. The molecule has 2 aliphatic rings. The molecule has 3 heterocycles. The fourth-order valence-corrected chi connectivity index (χ4v) is 6.45. The molecule has 0 bridgehead atoms. The van der Waals surface area contributed by atoms with Crippen molar-refractivity contribution in [2.75, 3.05) is 45.1 Å². The highest BCUT2D eigenvalue weighted by molar-refractivity contribution is 7.99. The van der Waals surface area contributed by atoms with E-state index in [-0.39, 0.29) is 29.6 Å². The van der Waals surface area contributed by atoms with Crippen LogP contribution >= 0.6 is 11.8 Å². The number of ether oxygens (including phenoxy) is 2. The number of piperazine rings is 1. The van der Waals surface area contributed by atoms with Crippen molar-refractivity contribution in [3.8, 4) is 11.5 Å². The smallest absolute Gasteiger partial charge is 0.243 e. The van der Waals surface area contributed by atoms with Crippen molar-refractivity contribution in [1.82, 2.24) is 14.2 Å².